The first-order valence-corrected chi connectivity index (χ1v) is 6.71. The average molecular weight is 249 g/mol. The summed E-state index contributed by atoms with van der Waals surface area (Å²) in [6.07, 6.45) is 5.91. The van der Waals surface area contributed by atoms with Gasteiger partial charge in [-0.1, -0.05) is 19.3 Å². The first-order valence-electron chi connectivity index (χ1n) is 6.71. The Hall–Kier alpha value is -1.45. The molecule has 0 amide bonds. The van der Waals surface area contributed by atoms with Gasteiger partial charge in [-0.15, -0.1) is 0 Å². The Morgan fingerprint density at radius 1 is 1.28 bits per heavy atom. The Balaban J connectivity index is 2.48. The molecule has 1 aliphatic rings. The van der Waals surface area contributed by atoms with Crippen molar-refractivity contribution >= 4 is 11.4 Å². The fourth-order valence-corrected chi connectivity index (χ4v) is 2.91. The van der Waals surface area contributed by atoms with Gasteiger partial charge in [0.2, 0.25) is 0 Å². The van der Waals surface area contributed by atoms with E-state index in [1.54, 1.807) is 0 Å². The van der Waals surface area contributed by atoms with E-state index >= 15 is 0 Å². The molecule has 1 saturated carbocycles. The monoisotopic (exact) mass is 249 g/mol. The molecule has 0 bridgehead atoms. The van der Waals surface area contributed by atoms with E-state index in [0.29, 0.717) is 11.7 Å². The maximum Gasteiger partial charge on any atom is 0.276 e. The Morgan fingerprint density at radius 2 is 1.89 bits per heavy atom. The Bertz CT molecular complexity index is 485. The van der Waals surface area contributed by atoms with Crippen molar-refractivity contribution in [3.05, 3.63) is 22.1 Å². The number of nitrogens with zero attached hydrogens (tertiary/aromatic N) is 2. The van der Waals surface area contributed by atoms with Crippen molar-refractivity contribution in [3.8, 4) is 0 Å². The normalized spacial score (nSPS) is 16.8. The smallest absolute Gasteiger partial charge is 0.276 e. The van der Waals surface area contributed by atoms with Crippen LogP contribution in [0.2, 0.25) is 0 Å². The summed E-state index contributed by atoms with van der Waals surface area (Å²) >= 11 is 0. The molecule has 0 saturated heterocycles. The third-order valence-electron chi connectivity index (χ3n) is 3.87. The molecule has 1 aliphatic carbocycles. The number of nitrogen functional groups attached to an aromatic ring is 1. The minimum absolute atomic E-state index is 0.0226. The zero-order valence-corrected chi connectivity index (χ0v) is 11.6. The molecule has 100 valence electrons. The van der Waals surface area contributed by atoms with Crippen LogP contribution in [-0.4, -0.2) is 18.7 Å². The van der Waals surface area contributed by atoms with Gasteiger partial charge in [0.15, 0.2) is 0 Å². The molecular weight excluding hydrogens is 226 g/mol. The quantitative estimate of drug-likeness (QED) is 0.875. The molecule has 1 aromatic heterocycles. The highest BCUT2D eigenvalue weighted by Crippen LogP contribution is 2.29. The van der Waals surface area contributed by atoms with Gasteiger partial charge >= 0.3 is 0 Å². The summed E-state index contributed by atoms with van der Waals surface area (Å²) in [6.45, 7) is 2.00. The fraction of sp³-hybridized carbons (Fsp3) is 0.643. The van der Waals surface area contributed by atoms with Crippen LogP contribution >= 0.6 is 0 Å². The lowest BCUT2D eigenvalue weighted by Crippen LogP contribution is -2.31. The van der Waals surface area contributed by atoms with E-state index < -0.39 is 0 Å². The molecule has 2 N–H and O–H groups in total. The van der Waals surface area contributed by atoms with Crippen molar-refractivity contribution in [2.24, 2.45) is 0 Å². The third-order valence-corrected chi connectivity index (χ3v) is 3.87. The number of rotatable bonds is 2. The summed E-state index contributed by atoms with van der Waals surface area (Å²) in [5, 5.41) is 0. The lowest BCUT2D eigenvalue weighted by atomic mass is 9.95. The predicted molar refractivity (Wildman–Crippen MR) is 76.3 cm³/mol. The van der Waals surface area contributed by atoms with Crippen molar-refractivity contribution in [2.75, 3.05) is 24.7 Å². The van der Waals surface area contributed by atoms with Gasteiger partial charge in [-0.3, -0.25) is 4.79 Å². The largest absolute Gasteiger partial charge is 0.393 e. The molecule has 0 radical (unpaired) electrons. The van der Waals surface area contributed by atoms with Crippen LogP contribution < -0.4 is 16.2 Å². The number of pyridine rings is 1. The first kappa shape index (κ1) is 13.0. The van der Waals surface area contributed by atoms with E-state index in [0.717, 1.165) is 24.2 Å². The van der Waals surface area contributed by atoms with Crippen molar-refractivity contribution in [1.29, 1.82) is 0 Å². The van der Waals surface area contributed by atoms with Crippen LogP contribution in [0, 0.1) is 6.92 Å². The van der Waals surface area contributed by atoms with Crippen LogP contribution in [0.25, 0.3) is 0 Å². The lowest BCUT2D eigenvalue weighted by molar-refractivity contribution is 0.342. The van der Waals surface area contributed by atoms with Crippen LogP contribution in [0.4, 0.5) is 11.4 Å². The lowest BCUT2D eigenvalue weighted by Gasteiger charge is -2.27. The molecular formula is C14H23N3O. The fourth-order valence-electron chi connectivity index (χ4n) is 2.91. The first-order chi connectivity index (χ1) is 8.52. The molecule has 1 aromatic rings. The van der Waals surface area contributed by atoms with E-state index in [1.165, 1.54) is 19.3 Å². The van der Waals surface area contributed by atoms with Crippen LogP contribution in [0.15, 0.2) is 10.9 Å². The van der Waals surface area contributed by atoms with Gasteiger partial charge in [0.1, 0.15) is 5.69 Å². The topological polar surface area (TPSA) is 51.3 Å². The summed E-state index contributed by atoms with van der Waals surface area (Å²) in [4.78, 5) is 14.3. The highest BCUT2D eigenvalue weighted by Gasteiger charge is 2.20. The molecule has 18 heavy (non-hydrogen) atoms. The van der Waals surface area contributed by atoms with Gasteiger partial charge in [0.25, 0.3) is 5.56 Å². The summed E-state index contributed by atoms with van der Waals surface area (Å²) in [5.74, 6) is 0. The second-order valence-electron chi connectivity index (χ2n) is 5.45. The highest BCUT2D eigenvalue weighted by atomic mass is 16.1. The maximum atomic E-state index is 12.4. The molecule has 0 unspecified atom stereocenters. The molecule has 1 fully saturated rings. The zero-order valence-electron chi connectivity index (χ0n) is 11.6. The molecule has 0 aromatic carbocycles. The summed E-state index contributed by atoms with van der Waals surface area (Å²) in [6, 6.07) is 2.36. The molecule has 4 nitrogen and oxygen atoms in total. The van der Waals surface area contributed by atoms with Crippen molar-refractivity contribution in [3.63, 3.8) is 0 Å². The number of aryl methyl sites for hydroxylation is 1. The van der Waals surface area contributed by atoms with E-state index in [9.17, 15) is 4.79 Å². The average Bonchev–Trinajstić information content (AvgIpc) is 2.35. The second kappa shape index (κ2) is 5.04. The highest BCUT2D eigenvalue weighted by molar-refractivity contribution is 5.66. The van der Waals surface area contributed by atoms with E-state index in [-0.39, 0.29) is 5.56 Å². The Kier molecular flexibility index (Phi) is 3.64. The van der Waals surface area contributed by atoms with Crippen molar-refractivity contribution in [1.82, 2.24) is 4.57 Å². The molecule has 1 heterocycles. The van der Waals surface area contributed by atoms with E-state index in [2.05, 4.69) is 0 Å². The van der Waals surface area contributed by atoms with Gasteiger partial charge in [-0.25, -0.2) is 0 Å². The Morgan fingerprint density at radius 3 is 2.44 bits per heavy atom. The third kappa shape index (κ3) is 2.24. The number of hydrogen-bond acceptors (Lipinski definition) is 3. The van der Waals surface area contributed by atoms with Gasteiger partial charge in [0.05, 0.1) is 5.69 Å². The number of anilines is 2. The van der Waals surface area contributed by atoms with Crippen molar-refractivity contribution in [2.45, 2.75) is 45.1 Å². The molecule has 0 atom stereocenters. The predicted octanol–water partition coefficient (Wildman–Crippen LogP) is 2.31. The molecule has 0 aliphatic heterocycles. The van der Waals surface area contributed by atoms with Gasteiger partial charge in [-0.2, -0.15) is 0 Å². The summed E-state index contributed by atoms with van der Waals surface area (Å²) in [5.41, 5.74) is 8.18. The SMILES string of the molecule is Cc1cc(N(C)C)c(N)c(=O)n1C1CCCCC1. The zero-order chi connectivity index (χ0) is 13.3. The van der Waals surface area contributed by atoms with Crippen LogP contribution in [0.5, 0.6) is 0 Å². The number of hydrogen-bond donors (Lipinski definition) is 1. The summed E-state index contributed by atoms with van der Waals surface area (Å²) in [7, 11) is 3.82. The van der Waals surface area contributed by atoms with Crippen LogP contribution in [0.1, 0.15) is 43.8 Å². The number of aromatic nitrogens is 1. The molecule has 2 rings (SSSR count). The Labute approximate surface area is 108 Å². The molecule has 0 spiro atoms. The minimum Gasteiger partial charge on any atom is -0.393 e. The van der Waals surface area contributed by atoms with Gasteiger partial charge in [-0.05, 0) is 25.8 Å². The van der Waals surface area contributed by atoms with E-state index in [4.69, 9.17) is 5.73 Å². The van der Waals surface area contributed by atoms with Crippen LogP contribution in [0.3, 0.4) is 0 Å². The van der Waals surface area contributed by atoms with Gasteiger partial charge < -0.3 is 15.2 Å². The minimum atomic E-state index is -0.0226. The van der Waals surface area contributed by atoms with Crippen molar-refractivity contribution < 1.29 is 0 Å². The van der Waals surface area contributed by atoms with Gasteiger partial charge in [0, 0.05) is 25.8 Å². The van der Waals surface area contributed by atoms with Crippen LogP contribution in [-0.2, 0) is 0 Å². The standard InChI is InChI=1S/C14H23N3O/c1-10-9-12(16(2)3)13(15)14(18)17(10)11-7-5-4-6-8-11/h9,11H,4-8,15H2,1-3H3. The second-order valence-corrected chi connectivity index (χ2v) is 5.45. The maximum absolute atomic E-state index is 12.4. The summed E-state index contributed by atoms with van der Waals surface area (Å²) < 4.78 is 1.90. The number of nitrogens with two attached hydrogens (primary N) is 1. The van der Waals surface area contributed by atoms with E-state index in [1.807, 2.05) is 36.6 Å². The molecule has 4 heteroatoms.